The third-order valence-electron chi connectivity index (χ3n) is 9.37. The van der Waals surface area contributed by atoms with E-state index in [9.17, 15) is 55.3 Å². The number of carboxylic acids is 2. The molecule has 0 spiro atoms. The van der Waals surface area contributed by atoms with Gasteiger partial charge in [-0.25, -0.2) is 0 Å². The number of carbonyl (C=O) groups excluding carboxylic acids is 2. The molecule has 0 aliphatic carbocycles. The van der Waals surface area contributed by atoms with Gasteiger partial charge in [-0.15, -0.1) is 0 Å². The number of carboxylic acid groups (broad SMARTS) is 2. The zero-order valence-electron chi connectivity index (χ0n) is 41.0. The van der Waals surface area contributed by atoms with Crippen LogP contribution in [-0.2, 0) is 41.3 Å². The van der Waals surface area contributed by atoms with Crippen LogP contribution in [0.5, 0.6) is 11.5 Å². The average molecular weight is 1050 g/mol. The number of anilines is 2. The Kier molecular flexibility index (Phi) is 24.7. The zero-order chi connectivity index (χ0) is 46.3. The first-order valence-corrected chi connectivity index (χ1v) is 23.8. The Bertz CT molecular complexity index is 2940. The van der Waals surface area contributed by atoms with Gasteiger partial charge < -0.3 is 36.8 Å². The molecule has 2 amide bonds. The van der Waals surface area contributed by atoms with Crippen molar-refractivity contribution in [3.05, 3.63) is 119 Å². The SMILES string of the molecule is O=C(O)CCSCc1cc(C(=O)Nc2ccc(/C=C/c3ccc(NC(=O)c4cc(CSCCC(=O)O)c5cccnc5c4O)cc3S(=O)(=O)O)c(S(=O)(=O)O)c2)c(O)c2ncccc12.[H-].[H-].[H-].[H-].[Na+].[Na+].[Na+].[Na+]. The van der Waals surface area contributed by atoms with Crippen molar-refractivity contribution < 1.29 is 189 Å². The Labute approximate surface area is 492 Å². The Balaban J connectivity index is -0.00000595. The van der Waals surface area contributed by atoms with Gasteiger partial charge in [0.2, 0.25) is 0 Å². The number of phenolic OH excluding ortho intramolecular Hbond substituents is 2. The van der Waals surface area contributed by atoms with E-state index in [4.69, 9.17) is 10.2 Å². The molecule has 2 heterocycles. The molecule has 0 fully saturated rings. The first-order chi connectivity index (χ1) is 30.3. The second-order valence-corrected chi connectivity index (χ2v) is 18.7. The van der Waals surface area contributed by atoms with Crippen LogP contribution in [0.1, 0.15) is 61.5 Å². The van der Waals surface area contributed by atoms with Gasteiger partial charge in [0.15, 0.2) is 11.5 Å². The molecule has 0 aliphatic rings. The molecular formula is C42H40N4Na4O14S4. The first kappa shape index (κ1) is 61.6. The molecule has 6 rings (SSSR count). The van der Waals surface area contributed by atoms with Crippen molar-refractivity contribution in [3.63, 3.8) is 0 Å². The van der Waals surface area contributed by atoms with Crippen molar-refractivity contribution in [2.75, 3.05) is 22.1 Å². The maximum Gasteiger partial charge on any atom is 1.00 e. The molecule has 2 aromatic heterocycles. The van der Waals surface area contributed by atoms with Gasteiger partial charge in [0.1, 0.15) is 20.8 Å². The van der Waals surface area contributed by atoms with E-state index >= 15 is 0 Å². The maximum absolute atomic E-state index is 13.5. The van der Waals surface area contributed by atoms with Crippen molar-refractivity contribution in [2.24, 2.45) is 0 Å². The fraction of sp³-hybridized carbons (Fsp3) is 0.143. The van der Waals surface area contributed by atoms with Gasteiger partial charge in [-0.3, -0.25) is 38.3 Å². The molecule has 0 bridgehead atoms. The maximum atomic E-state index is 13.5. The zero-order valence-corrected chi connectivity index (χ0v) is 48.2. The smallest absolute Gasteiger partial charge is 1.00 e. The van der Waals surface area contributed by atoms with E-state index in [1.54, 1.807) is 24.3 Å². The Hall–Kier alpha value is -2.56. The summed E-state index contributed by atoms with van der Waals surface area (Å²) in [7, 11) is -10.0. The number of phenols is 2. The van der Waals surface area contributed by atoms with E-state index in [1.165, 1.54) is 72.3 Å². The van der Waals surface area contributed by atoms with Gasteiger partial charge in [-0.05, 0) is 70.8 Å². The molecule has 0 saturated heterocycles. The van der Waals surface area contributed by atoms with Gasteiger partial charge in [0, 0.05) is 57.6 Å². The van der Waals surface area contributed by atoms with Crippen LogP contribution in [0.25, 0.3) is 34.0 Å². The molecule has 0 saturated carbocycles. The van der Waals surface area contributed by atoms with Crippen LogP contribution >= 0.6 is 23.5 Å². The van der Waals surface area contributed by atoms with Crippen molar-refractivity contribution >= 4 is 113 Å². The monoisotopic (exact) mass is 1040 g/mol. The molecule has 0 radical (unpaired) electrons. The average Bonchev–Trinajstić information content (AvgIpc) is 3.24. The second-order valence-electron chi connectivity index (χ2n) is 13.8. The van der Waals surface area contributed by atoms with Gasteiger partial charge in [0.05, 0.1) is 24.0 Å². The number of carbonyl (C=O) groups is 4. The number of aromatic hydroxyl groups is 2. The van der Waals surface area contributed by atoms with Gasteiger partial charge in [0.25, 0.3) is 32.1 Å². The minimum Gasteiger partial charge on any atom is -1.00 e. The number of fused-ring (bicyclic) bond motifs is 2. The first-order valence-electron chi connectivity index (χ1n) is 18.6. The van der Waals surface area contributed by atoms with E-state index in [1.807, 2.05) is 0 Å². The Morgan fingerprint density at radius 1 is 0.588 bits per heavy atom. The molecule has 0 aliphatic heterocycles. The summed E-state index contributed by atoms with van der Waals surface area (Å²) in [5.74, 6) is -3.56. The van der Waals surface area contributed by atoms with Gasteiger partial charge in [-0.1, -0.05) is 36.4 Å². The van der Waals surface area contributed by atoms with Crippen LogP contribution in [0.4, 0.5) is 11.4 Å². The molecule has 26 heteroatoms. The molecule has 68 heavy (non-hydrogen) atoms. The predicted molar refractivity (Wildman–Crippen MR) is 245 cm³/mol. The Morgan fingerprint density at radius 3 is 1.29 bits per heavy atom. The molecule has 8 N–H and O–H groups in total. The quantitative estimate of drug-likeness (QED) is 0.0174. The van der Waals surface area contributed by atoms with Crippen LogP contribution in [0.15, 0.2) is 95.0 Å². The molecule has 18 nitrogen and oxygen atoms in total. The summed E-state index contributed by atoms with van der Waals surface area (Å²) in [4.78, 5) is 55.9. The van der Waals surface area contributed by atoms with Crippen molar-refractivity contribution in [2.45, 2.75) is 34.1 Å². The summed E-state index contributed by atoms with van der Waals surface area (Å²) in [6.07, 6.45) is 4.85. The number of aromatic nitrogens is 2. The number of amides is 2. The molecule has 0 unspecified atom stereocenters. The summed E-state index contributed by atoms with van der Waals surface area (Å²) in [6, 6.07) is 16.2. The summed E-state index contributed by atoms with van der Waals surface area (Å²) < 4.78 is 70.7. The van der Waals surface area contributed by atoms with Crippen LogP contribution in [-0.4, -0.2) is 91.6 Å². The molecule has 340 valence electrons. The summed E-state index contributed by atoms with van der Waals surface area (Å²) in [5, 5.41) is 46.0. The van der Waals surface area contributed by atoms with E-state index in [2.05, 4.69) is 20.6 Å². The molecule has 4 aromatic carbocycles. The number of nitrogens with zero attached hydrogens (tertiary/aromatic N) is 2. The molecule has 6 aromatic rings. The topological polar surface area (TPSA) is 308 Å². The number of rotatable bonds is 18. The van der Waals surface area contributed by atoms with Crippen molar-refractivity contribution in [3.8, 4) is 11.5 Å². The minimum atomic E-state index is -5.01. The van der Waals surface area contributed by atoms with Gasteiger partial charge >= 0.3 is 130 Å². The second kappa shape index (κ2) is 27.3. The van der Waals surface area contributed by atoms with E-state index in [-0.39, 0.29) is 204 Å². The number of pyridine rings is 2. The number of benzene rings is 4. The normalized spacial score (nSPS) is 11.1. The summed E-state index contributed by atoms with van der Waals surface area (Å²) >= 11 is 2.57. The molecular weight excluding hydrogens is 1000 g/mol. The number of aliphatic carboxylic acids is 2. The fourth-order valence-electron chi connectivity index (χ4n) is 6.39. The van der Waals surface area contributed by atoms with Crippen LogP contribution < -0.4 is 129 Å². The van der Waals surface area contributed by atoms with Gasteiger partial charge in [-0.2, -0.15) is 40.4 Å². The number of hydrogen-bond donors (Lipinski definition) is 8. The Morgan fingerprint density at radius 2 is 0.956 bits per heavy atom. The third-order valence-corrected chi connectivity index (χ3v) is 13.2. The number of hydrogen-bond acceptors (Lipinski definition) is 14. The third kappa shape index (κ3) is 16.0. The standard InChI is InChI=1S/C42H36N4O14S4.4Na.4H/c47-35(48)11-15-61-21-25-17-31(39(51)37-29(25)3-1-13-43-37)41(53)45-27-9-7-23(33(19-27)63(55,56)57)5-6-24-8-10-28(20-34(24)64(58,59)60)46-42(54)32-18-26(22-62-16-12-36(49)50)30-4-2-14-44-38(30)40(32)52;;;;;;;;/h1-10,13-14,17-20,51-52H,11-12,15-16,21-22H2,(H,45,53)(H,46,54)(H,47,48)(H,49,50)(H,55,56,57)(H,58,59,60);;;;;;;;/q;4*+1;4*-1/b6-5+;;;;;;;;. The number of thioether (sulfide) groups is 2. The van der Waals surface area contributed by atoms with E-state index < -0.39 is 65.3 Å². The summed E-state index contributed by atoms with van der Waals surface area (Å²) in [6.45, 7) is 0. The van der Waals surface area contributed by atoms with Crippen LogP contribution in [0, 0.1) is 0 Å². The fourth-order valence-corrected chi connectivity index (χ4v) is 9.66. The van der Waals surface area contributed by atoms with E-state index in [0.29, 0.717) is 21.9 Å². The van der Waals surface area contributed by atoms with Crippen molar-refractivity contribution in [1.82, 2.24) is 9.97 Å². The summed E-state index contributed by atoms with van der Waals surface area (Å²) in [5.41, 5.74) is 0.235. The van der Waals surface area contributed by atoms with Crippen molar-refractivity contribution in [1.29, 1.82) is 0 Å². The van der Waals surface area contributed by atoms with Crippen LogP contribution in [0.3, 0.4) is 0 Å². The largest absolute Gasteiger partial charge is 1.00 e. The molecule has 0 atom stereocenters. The van der Waals surface area contributed by atoms with E-state index in [0.717, 1.165) is 24.3 Å². The minimum absolute atomic E-state index is 0. The predicted octanol–water partition coefficient (Wildman–Crippen LogP) is -4.76. The van der Waals surface area contributed by atoms with Crippen LogP contribution in [0.2, 0.25) is 0 Å². The number of nitrogens with one attached hydrogen (secondary N) is 2.